The normalized spacial score (nSPS) is 25.0. The molecular weight excluding hydrogens is 290 g/mol. The minimum Gasteiger partial charge on any atom is -0.376 e. The van der Waals surface area contributed by atoms with Crippen molar-refractivity contribution in [2.45, 2.75) is 25.0 Å². The molecular formula is C19H21NO3. The van der Waals surface area contributed by atoms with Crippen molar-refractivity contribution in [2.24, 2.45) is 0 Å². The fourth-order valence-electron chi connectivity index (χ4n) is 3.71. The smallest absolute Gasteiger partial charge is 0.254 e. The highest BCUT2D eigenvalue weighted by Crippen LogP contribution is 2.36. The molecule has 2 aromatic rings. The molecule has 2 atom stereocenters. The van der Waals surface area contributed by atoms with E-state index in [1.54, 1.807) is 0 Å². The lowest BCUT2D eigenvalue weighted by molar-refractivity contribution is -0.158. The largest absolute Gasteiger partial charge is 0.376 e. The molecule has 2 saturated heterocycles. The Bertz CT molecular complexity index is 703. The van der Waals surface area contributed by atoms with Crippen LogP contribution in [0, 0.1) is 0 Å². The molecule has 2 fully saturated rings. The predicted octanol–water partition coefficient (Wildman–Crippen LogP) is 2.92. The molecule has 2 aliphatic heterocycles. The number of hydrogen-bond donors (Lipinski definition) is 0. The van der Waals surface area contributed by atoms with E-state index in [0.717, 1.165) is 19.4 Å². The number of amides is 1. The maximum absolute atomic E-state index is 12.8. The van der Waals surface area contributed by atoms with Crippen molar-refractivity contribution in [3.8, 4) is 0 Å². The molecule has 1 amide bonds. The summed E-state index contributed by atoms with van der Waals surface area (Å²) in [5.41, 5.74) is 1.24. The number of benzene rings is 2. The highest BCUT2D eigenvalue weighted by molar-refractivity contribution is 5.87. The van der Waals surface area contributed by atoms with E-state index >= 15 is 0 Å². The van der Waals surface area contributed by atoms with Crippen LogP contribution in [0.2, 0.25) is 0 Å². The minimum atomic E-state index is -0.445. The van der Waals surface area contributed by atoms with Crippen molar-refractivity contribution in [1.82, 2.24) is 4.90 Å². The van der Waals surface area contributed by atoms with Gasteiger partial charge >= 0.3 is 0 Å². The van der Waals surface area contributed by atoms with E-state index in [4.69, 9.17) is 9.47 Å². The Morgan fingerprint density at radius 2 is 1.96 bits per heavy atom. The maximum atomic E-state index is 12.8. The van der Waals surface area contributed by atoms with Crippen molar-refractivity contribution < 1.29 is 14.3 Å². The first-order valence-corrected chi connectivity index (χ1v) is 8.32. The third kappa shape index (κ3) is 2.73. The summed E-state index contributed by atoms with van der Waals surface area (Å²) in [5.74, 6) is 0.0696. The summed E-state index contributed by atoms with van der Waals surface area (Å²) in [4.78, 5) is 14.8. The summed E-state index contributed by atoms with van der Waals surface area (Å²) in [6.45, 7) is 2.25. The highest BCUT2D eigenvalue weighted by Gasteiger charge is 2.35. The van der Waals surface area contributed by atoms with Crippen LogP contribution in [0.3, 0.4) is 0 Å². The highest BCUT2D eigenvalue weighted by atomic mass is 16.6. The Hall–Kier alpha value is -1.91. The van der Waals surface area contributed by atoms with Crippen LogP contribution >= 0.6 is 0 Å². The molecule has 4 heteroatoms. The van der Waals surface area contributed by atoms with Gasteiger partial charge in [-0.3, -0.25) is 4.79 Å². The Balaban J connectivity index is 1.65. The zero-order valence-electron chi connectivity index (χ0n) is 13.1. The first-order chi connectivity index (χ1) is 11.3. The van der Waals surface area contributed by atoms with Crippen molar-refractivity contribution in [1.29, 1.82) is 0 Å². The number of carbonyl (C=O) groups is 1. The number of carbonyl (C=O) groups excluding carboxylic acids is 1. The Kier molecular flexibility index (Phi) is 4.02. The average Bonchev–Trinajstić information content (AvgIpc) is 3.11. The molecule has 0 radical (unpaired) electrons. The fourth-order valence-corrected chi connectivity index (χ4v) is 3.71. The van der Waals surface area contributed by atoms with E-state index in [9.17, 15) is 4.79 Å². The van der Waals surface area contributed by atoms with Gasteiger partial charge in [0.25, 0.3) is 5.91 Å². The molecule has 0 bridgehead atoms. The van der Waals surface area contributed by atoms with Gasteiger partial charge in [0.15, 0.2) is 6.10 Å². The van der Waals surface area contributed by atoms with E-state index in [-0.39, 0.29) is 11.9 Å². The second kappa shape index (κ2) is 6.30. The summed E-state index contributed by atoms with van der Waals surface area (Å²) >= 11 is 0. The van der Waals surface area contributed by atoms with Gasteiger partial charge in [-0.2, -0.15) is 0 Å². The van der Waals surface area contributed by atoms with Crippen LogP contribution in [0.5, 0.6) is 0 Å². The number of ether oxygens (including phenoxy) is 2. The van der Waals surface area contributed by atoms with Crippen molar-refractivity contribution >= 4 is 16.7 Å². The molecule has 0 saturated carbocycles. The molecule has 120 valence electrons. The van der Waals surface area contributed by atoms with Crippen LogP contribution in [-0.4, -0.2) is 43.3 Å². The van der Waals surface area contributed by atoms with Gasteiger partial charge in [-0.05, 0) is 29.2 Å². The van der Waals surface area contributed by atoms with E-state index in [1.807, 2.05) is 4.90 Å². The fraction of sp³-hybridized carbons (Fsp3) is 0.421. The SMILES string of the molecule is O=C(C1COCCO1)N1CCCC1c1cccc2ccccc12. The third-order valence-electron chi connectivity index (χ3n) is 4.81. The molecule has 0 aliphatic carbocycles. The molecule has 4 rings (SSSR count). The number of hydrogen-bond acceptors (Lipinski definition) is 3. The number of fused-ring (bicyclic) bond motifs is 1. The molecule has 23 heavy (non-hydrogen) atoms. The Labute approximate surface area is 136 Å². The number of rotatable bonds is 2. The molecule has 0 aromatic heterocycles. The molecule has 4 nitrogen and oxygen atoms in total. The van der Waals surface area contributed by atoms with Gasteiger partial charge < -0.3 is 14.4 Å². The van der Waals surface area contributed by atoms with Crippen LogP contribution in [0.15, 0.2) is 42.5 Å². The number of nitrogens with zero attached hydrogens (tertiary/aromatic N) is 1. The van der Waals surface area contributed by atoms with E-state index in [1.165, 1.54) is 16.3 Å². The van der Waals surface area contributed by atoms with Gasteiger partial charge in [0.05, 0.1) is 25.9 Å². The lowest BCUT2D eigenvalue weighted by Gasteiger charge is -2.31. The topological polar surface area (TPSA) is 38.8 Å². The van der Waals surface area contributed by atoms with Crippen LogP contribution in [0.25, 0.3) is 10.8 Å². The Morgan fingerprint density at radius 3 is 2.83 bits per heavy atom. The van der Waals surface area contributed by atoms with Gasteiger partial charge in [0, 0.05) is 6.54 Å². The average molecular weight is 311 g/mol. The standard InChI is InChI=1S/C19H21NO3/c21-19(18-13-22-11-12-23-18)20-10-4-9-17(20)16-8-3-6-14-5-1-2-7-15(14)16/h1-3,5-8,17-18H,4,9-13H2. The summed E-state index contributed by atoms with van der Waals surface area (Å²) < 4.78 is 11.0. The molecule has 2 aromatic carbocycles. The monoisotopic (exact) mass is 311 g/mol. The zero-order valence-corrected chi connectivity index (χ0v) is 13.1. The Morgan fingerprint density at radius 1 is 1.09 bits per heavy atom. The third-order valence-corrected chi connectivity index (χ3v) is 4.81. The zero-order chi connectivity index (χ0) is 15.6. The van der Waals surface area contributed by atoms with Gasteiger partial charge in [0.2, 0.25) is 0 Å². The van der Waals surface area contributed by atoms with E-state index in [2.05, 4.69) is 42.5 Å². The molecule has 0 N–H and O–H groups in total. The van der Waals surface area contributed by atoms with Gasteiger partial charge in [0.1, 0.15) is 0 Å². The molecule has 0 spiro atoms. The number of likely N-dealkylation sites (tertiary alicyclic amines) is 1. The quantitative estimate of drug-likeness (QED) is 0.856. The minimum absolute atomic E-state index is 0.0696. The predicted molar refractivity (Wildman–Crippen MR) is 88.2 cm³/mol. The first kappa shape index (κ1) is 14.7. The van der Waals surface area contributed by atoms with Gasteiger partial charge in [-0.1, -0.05) is 42.5 Å². The van der Waals surface area contributed by atoms with Gasteiger partial charge in [-0.25, -0.2) is 0 Å². The lowest BCUT2D eigenvalue weighted by atomic mass is 9.97. The summed E-state index contributed by atoms with van der Waals surface area (Å²) in [6, 6.07) is 14.9. The van der Waals surface area contributed by atoms with Crippen molar-refractivity contribution in [3.05, 3.63) is 48.0 Å². The van der Waals surface area contributed by atoms with Crippen molar-refractivity contribution in [2.75, 3.05) is 26.4 Å². The molecule has 2 heterocycles. The van der Waals surface area contributed by atoms with E-state index < -0.39 is 6.10 Å². The van der Waals surface area contributed by atoms with Crippen LogP contribution in [-0.2, 0) is 14.3 Å². The molecule has 2 aliphatic rings. The maximum Gasteiger partial charge on any atom is 0.254 e. The lowest BCUT2D eigenvalue weighted by Crippen LogP contribution is -2.45. The summed E-state index contributed by atoms with van der Waals surface area (Å²) in [7, 11) is 0. The van der Waals surface area contributed by atoms with Crippen LogP contribution in [0.4, 0.5) is 0 Å². The summed E-state index contributed by atoms with van der Waals surface area (Å²) in [5, 5.41) is 2.46. The van der Waals surface area contributed by atoms with Crippen LogP contribution < -0.4 is 0 Å². The van der Waals surface area contributed by atoms with Crippen molar-refractivity contribution in [3.63, 3.8) is 0 Å². The first-order valence-electron chi connectivity index (χ1n) is 8.32. The second-order valence-corrected chi connectivity index (χ2v) is 6.19. The van der Waals surface area contributed by atoms with E-state index in [0.29, 0.717) is 19.8 Å². The van der Waals surface area contributed by atoms with Gasteiger partial charge in [-0.15, -0.1) is 0 Å². The van der Waals surface area contributed by atoms with Crippen LogP contribution in [0.1, 0.15) is 24.4 Å². The second-order valence-electron chi connectivity index (χ2n) is 6.19. The molecule has 2 unspecified atom stereocenters. The summed E-state index contributed by atoms with van der Waals surface area (Å²) in [6.07, 6.45) is 1.60.